The van der Waals surface area contributed by atoms with Crippen LogP contribution in [0.3, 0.4) is 0 Å². The van der Waals surface area contributed by atoms with Gasteiger partial charge in [-0.1, -0.05) is 18.2 Å². The van der Waals surface area contributed by atoms with Crippen molar-refractivity contribution in [2.45, 2.75) is 80.1 Å². The largest absolute Gasteiger partial charge is 0.330 e. The van der Waals surface area contributed by atoms with E-state index in [2.05, 4.69) is 18.2 Å². The van der Waals surface area contributed by atoms with Gasteiger partial charge < -0.3 is 27.1 Å². The van der Waals surface area contributed by atoms with E-state index in [9.17, 15) is 13.7 Å². The Balaban J connectivity index is 3.00. The lowest BCUT2D eigenvalue weighted by Crippen LogP contribution is -2.04. The second kappa shape index (κ2) is 19.7. The summed E-state index contributed by atoms with van der Waals surface area (Å²) >= 11 is 0. The average Bonchev–Trinajstić information content (AvgIpc) is 2.85. The zero-order valence-corrected chi connectivity index (χ0v) is 27.5. The first-order valence-corrected chi connectivity index (χ1v) is 19.5. The molecule has 0 spiro atoms. The van der Waals surface area contributed by atoms with Gasteiger partial charge >= 0.3 is 22.8 Å². The molecular weight excluding hydrogens is 561 g/mol. The molecule has 1 aromatic carbocycles. The van der Waals surface area contributed by atoms with Crippen LogP contribution >= 0.6 is 22.8 Å². The van der Waals surface area contributed by atoms with E-state index < -0.39 is 22.8 Å². The summed E-state index contributed by atoms with van der Waals surface area (Å²) in [5, 5.41) is 0. The molecule has 0 aliphatic carbocycles. The number of hydrogen-bond donors (Lipinski definition) is 0. The Morgan fingerprint density at radius 3 is 0.821 bits per heavy atom. The highest BCUT2D eigenvalue weighted by Crippen LogP contribution is 2.50. The van der Waals surface area contributed by atoms with Crippen molar-refractivity contribution in [3.63, 3.8) is 0 Å². The summed E-state index contributed by atoms with van der Waals surface area (Å²) in [6.07, 6.45) is 5.20. The van der Waals surface area contributed by atoms with Gasteiger partial charge in [-0.2, -0.15) is 0 Å². The second-order valence-electron chi connectivity index (χ2n) is 8.98. The van der Waals surface area contributed by atoms with Crippen molar-refractivity contribution >= 4 is 22.8 Å². The Morgan fingerprint density at radius 2 is 0.641 bits per heavy atom. The maximum atomic E-state index is 12.9. The van der Waals surface area contributed by atoms with Crippen LogP contribution in [0.1, 0.15) is 77.5 Å². The highest BCUT2D eigenvalue weighted by molar-refractivity contribution is 7.54. The van der Waals surface area contributed by atoms with Crippen molar-refractivity contribution < 1.29 is 40.8 Å². The zero-order chi connectivity index (χ0) is 29.2. The highest BCUT2D eigenvalue weighted by Gasteiger charge is 2.25. The number of hydrogen-bond acceptors (Lipinski definition) is 9. The molecule has 0 N–H and O–H groups in total. The van der Waals surface area contributed by atoms with Crippen molar-refractivity contribution in [3.8, 4) is 0 Å². The van der Waals surface area contributed by atoms with E-state index in [1.807, 2.05) is 41.5 Å². The van der Waals surface area contributed by atoms with Gasteiger partial charge in [0.25, 0.3) is 0 Å². The van der Waals surface area contributed by atoms with Crippen molar-refractivity contribution in [1.82, 2.24) is 0 Å². The summed E-state index contributed by atoms with van der Waals surface area (Å²) in [4.78, 5) is 0. The van der Waals surface area contributed by atoms with Crippen LogP contribution in [0.5, 0.6) is 0 Å². The van der Waals surface area contributed by atoms with Gasteiger partial charge in [0.2, 0.25) is 0 Å². The van der Waals surface area contributed by atoms with E-state index in [1.165, 1.54) is 0 Å². The predicted molar refractivity (Wildman–Crippen MR) is 159 cm³/mol. The zero-order valence-electron chi connectivity index (χ0n) is 24.9. The van der Waals surface area contributed by atoms with E-state index in [4.69, 9.17) is 27.1 Å². The van der Waals surface area contributed by atoms with Crippen molar-refractivity contribution in [3.05, 3.63) is 34.9 Å². The van der Waals surface area contributed by atoms with E-state index in [0.717, 1.165) is 36.0 Å². The summed E-state index contributed by atoms with van der Waals surface area (Å²) < 4.78 is 71.3. The molecule has 0 heterocycles. The molecule has 0 amide bonds. The molecule has 228 valence electrons. The van der Waals surface area contributed by atoms with Gasteiger partial charge in [-0.05, 0) is 96.8 Å². The summed E-state index contributed by atoms with van der Waals surface area (Å²) in [5.74, 6) is 0. The topological polar surface area (TPSA) is 107 Å². The summed E-state index contributed by atoms with van der Waals surface area (Å²) in [7, 11) is -9.29. The highest BCUT2D eigenvalue weighted by atomic mass is 31.2. The fraction of sp³-hybridized carbons (Fsp3) is 0.778. The van der Waals surface area contributed by atoms with Crippen molar-refractivity contribution in [2.75, 3.05) is 58.1 Å². The third kappa shape index (κ3) is 14.9. The van der Waals surface area contributed by atoms with E-state index in [1.54, 1.807) is 0 Å². The Kier molecular flexibility index (Phi) is 18.6. The molecule has 1 rings (SSSR count). The van der Waals surface area contributed by atoms with Crippen LogP contribution in [-0.2, 0) is 60.1 Å². The van der Waals surface area contributed by atoms with E-state index >= 15 is 0 Å². The monoisotopic (exact) mass is 612 g/mol. The van der Waals surface area contributed by atoms with Crippen LogP contribution in [-0.4, -0.2) is 58.1 Å². The molecule has 0 radical (unpaired) electrons. The van der Waals surface area contributed by atoms with Crippen LogP contribution in [0.25, 0.3) is 0 Å². The smallest absolute Gasteiger partial charge is 0.309 e. The first-order chi connectivity index (χ1) is 18.6. The Bertz CT molecular complexity index is 793. The third-order valence-corrected chi connectivity index (χ3v) is 12.3. The fourth-order valence-electron chi connectivity index (χ4n) is 4.38. The standard InChI is InChI=1S/C27H51O9P3/c1-7-31-37(28,32-8-2)19-13-16-25-22-26(17-14-20-38(29,33-9-3)34-10-4)24-27(23-25)18-15-21-39(30,35-11-5)36-12-6/h22-24H,7-21H2,1-6H3. The SMILES string of the molecule is CCOP(=O)(CCCc1cc(CCCP(=O)(OCC)OCC)cc(CCCP(=O)(OCC)OCC)c1)OCC. The molecule has 39 heavy (non-hydrogen) atoms. The normalized spacial score (nSPS) is 12.8. The van der Waals surface area contributed by atoms with Crippen LogP contribution < -0.4 is 0 Å². The van der Waals surface area contributed by atoms with E-state index in [0.29, 0.717) is 77.4 Å². The Labute approximate surface area is 236 Å². The van der Waals surface area contributed by atoms with Gasteiger partial charge in [-0.25, -0.2) is 0 Å². The Morgan fingerprint density at radius 1 is 0.436 bits per heavy atom. The van der Waals surface area contributed by atoms with Gasteiger partial charge in [0.1, 0.15) is 0 Å². The fourth-order valence-corrected chi connectivity index (χ4v) is 9.38. The van der Waals surface area contributed by atoms with Crippen LogP contribution in [0, 0.1) is 0 Å². The van der Waals surface area contributed by atoms with Crippen LogP contribution in [0.15, 0.2) is 18.2 Å². The van der Waals surface area contributed by atoms with Crippen LogP contribution in [0.4, 0.5) is 0 Å². The molecule has 0 aliphatic heterocycles. The molecule has 9 nitrogen and oxygen atoms in total. The molecule has 0 saturated carbocycles. The lowest BCUT2D eigenvalue weighted by Gasteiger charge is -2.18. The van der Waals surface area contributed by atoms with Crippen molar-refractivity contribution in [1.29, 1.82) is 0 Å². The molecule has 0 atom stereocenters. The van der Waals surface area contributed by atoms with E-state index in [-0.39, 0.29) is 0 Å². The van der Waals surface area contributed by atoms with Gasteiger partial charge in [-0.3, -0.25) is 13.7 Å². The average molecular weight is 613 g/mol. The van der Waals surface area contributed by atoms with Gasteiger partial charge in [0.05, 0.1) is 58.1 Å². The molecule has 1 aromatic rings. The maximum Gasteiger partial charge on any atom is 0.330 e. The van der Waals surface area contributed by atoms with Gasteiger partial charge in [0.15, 0.2) is 0 Å². The predicted octanol–water partition coefficient (Wildman–Crippen LogP) is 8.28. The van der Waals surface area contributed by atoms with Crippen molar-refractivity contribution in [2.24, 2.45) is 0 Å². The minimum atomic E-state index is -3.10. The number of aryl methyl sites for hydroxylation is 3. The maximum absolute atomic E-state index is 12.9. The first-order valence-electron chi connectivity index (χ1n) is 14.4. The number of benzene rings is 1. The van der Waals surface area contributed by atoms with Gasteiger partial charge in [0, 0.05) is 0 Å². The minimum absolute atomic E-state index is 0.345. The molecular formula is C27H51O9P3. The van der Waals surface area contributed by atoms with Gasteiger partial charge in [-0.15, -0.1) is 0 Å². The molecule has 12 heteroatoms. The Hall–Kier alpha value is -0.330. The molecule has 0 fully saturated rings. The molecule has 0 bridgehead atoms. The summed E-state index contributed by atoms with van der Waals surface area (Å²) in [6, 6.07) is 6.44. The lowest BCUT2D eigenvalue weighted by molar-refractivity contribution is 0.219. The first kappa shape index (κ1) is 36.7. The third-order valence-electron chi connectivity index (χ3n) is 5.76. The van der Waals surface area contributed by atoms with Crippen LogP contribution in [0.2, 0.25) is 0 Å². The second-order valence-corrected chi connectivity index (χ2v) is 15.5. The minimum Gasteiger partial charge on any atom is -0.309 e. The lowest BCUT2D eigenvalue weighted by atomic mass is 9.98. The summed E-state index contributed by atoms with van der Waals surface area (Å²) in [5.41, 5.74) is 3.37. The quantitative estimate of drug-likeness (QED) is 0.107. The molecule has 0 aromatic heterocycles. The molecule has 0 aliphatic rings. The molecule has 0 saturated heterocycles. The number of rotatable bonds is 24. The molecule has 0 unspecified atom stereocenters. The summed E-state index contributed by atoms with van der Waals surface area (Å²) in [6.45, 7) is 12.9.